The van der Waals surface area contributed by atoms with Crippen LogP contribution < -0.4 is 4.74 Å². The van der Waals surface area contributed by atoms with Crippen molar-refractivity contribution in [2.24, 2.45) is 0 Å². The van der Waals surface area contributed by atoms with Crippen molar-refractivity contribution in [3.05, 3.63) is 29.3 Å². The first-order valence-electron chi connectivity index (χ1n) is 4.26. The Morgan fingerprint density at radius 1 is 1.33 bits per heavy atom. The van der Waals surface area contributed by atoms with Gasteiger partial charge in [-0.3, -0.25) is 0 Å². The number of halogens is 3. The molecule has 5 heteroatoms. The Hall–Kier alpha value is -1.23. The van der Waals surface area contributed by atoms with Crippen LogP contribution in [0.15, 0.2) is 18.2 Å². The number of benzene rings is 1. The summed E-state index contributed by atoms with van der Waals surface area (Å²) >= 11 is 0. The molecule has 0 fully saturated rings. The van der Waals surface area contributed by atoms with E-state index >= 15 is 0 Å². The van der Waals surface area contributed by atoms with Gasteiger partial charge in [-0.2, -0.15) is 13.2 Å². The van der Waals surface area contributed by atoms with E-state index in [1.165, 1.54) is 26.2 Å². The second kappa shape index (κ2) is 4.10. The standard InChI is InChI=1S/C10H11F3O2/c1-6-4-3-5-7(15-2)8(6)9(14)10(11,12)13/h3-5,9,14H,1-2H3. The first-order chi connectivity index (χ1) is 6.88. The number of hydrogen-bond acceptors (Lipinski definition) is 2. The van der Waals surface area contributed by atoms with Crippen molar-refractivity contribution in [1.29, 1.82) is 0 Å². The molecule has 0 aliphatic heterocycles. The average Bonchev–Trinajstić information content (AvgIpc) is 2.15. The van der Waals surface area contributed by atoms with Crippen molar-refractivity contribution < 1.29 is 23.0 Å². The van der Waals surface area contributed by atoms with Crippen molar-refractivity contribution in [1.82, 2.24) is 0 Å². The summed E-state index contributed by atoms with van der Waals surface area (Å²) in [5, 5.41) is 9.14. The van der Waals surface area contributed by atoms with Crippen molar-refractivity contribution in [3.8, 4) is 5.75 Å². The molecule has 0 bridgehead atoms. The molecule has 1 atom stereocenters. The monoisotopic (exact) mass is 220 g/mol. The average molecular weight is 220 g/mol. The van der Waals surface area contributed by atoms with Gasteiger partial charge < -0.3 is 9.84 Å². The van der Waals surface area contributed by atoms with Gasteiger partial charge in [-0.25, -0.2) is 0 Å². The molecule has 1 rings (SSSR count). The summed E-state index contributed by atoms with van der Waals surface area (Å²) in [4.78, 5) is 0. The number of aliphatic hydroxyl groups is 1. The van der Waals surface area contributed by atoms with Crippen LogP contribution in [0.1, 0.15) is 17.2 Å². The molecule has 1 aromatic rings. The molecule has 1 N–H and O–H groups in total. The molecular formula is C10H11F3O2. The third-order valence-electron chi connectivity index (χ3n) is 2.09. The molecule has 0 aromatic heterocycles. The number of alkyl halides is 3. The Kier molecular flexibility index (Phi) is 3.24. The van der Waals surface area contributed by atoms with Crippen LogP contribution in [-0.4, -0.2) is 18.4 Å². The molecule has 84 valence electrons. The molecule has 0 saturated heterocycles. The maximum atomic E-state index is 12.3. The lowest BCUT2D eigenvalue weighted by atomic mass is 10.0. The van der Waals surface area contributed by atoms with Crippen LogP contribution in [0.5, 0.6) is 5.75 Å². The predicted molar refractivity (Wildman–Crippen MR) is 48.7 cm³/mol. The van der Waals surface area contributed by atoms with E-state index < -0.39 is 12.3 Å². The minimum atomic E-state index is -4.68. The number of rotatable bonds is 2. The Balaban J connectivity index is 3.23. The topological polar surface area (TPSA) is 29.5 Å². The maximum absolute atomic E-state index is 12.3. The normalized spacial score (nSPS) is 13.7. The van der Waals surface area contributed by atoms with E-state index in [1.54, 1.807) is 6.07 Å². The summed E-state index contributed by atoms with van der Waals surface area (Å²) < 4.78 is 41.8. The lowest BCUT2D eigenvalue weighted by Gasteiger charge is -2.19. The van der Waals surface area contributed by atoms with Crippen LogP contribution >= 0.6 is 0 Å². The summed E-state index contributed by atoms with van der Waals surface area (Å²) in [6.45, 7) is 1.49. The number of ether oxygens (including phenoxy) is 1. The van der Waals surface area contributed by atoms with Gasteiger partial charge in [0.15, 0.2) is 6.10 Å². The second-order valence-electron chi connectivity index (χ2n) is 3.13. The van der Waals surface area contributed by atoms with Crippen LogP contribution in [0.3, 0.4) is 0 Å². The Labute approximate surface area is 85.3 Å². The number of hydrogen-bond donors (Lipinski definition) is 1. The minimum absolute atomic E-state index is 0.0415. The lowest BCUT2D eigenvalue weighted by molar-refractivity contribution is -0.207. The number of methoxy groups -OCH3 is 1. The zero-order valence-electron chi connectivity index (χ0n) is 8.30. The molecule has 0 heterocycles. The summed E-state index contributed by atoms with van der Waals surface area (Å²) in [5.74, 6) is 0.0415. The second-order valence-corrected chi connectivity index (χ2v) is 3.13. The highest BCUT2D eigenvalue weighted by molar-refractivity contribution is 5.41. The van der Waals surface area contributed by atoms with Crippen LogP contribution in [0.2, 0.25) is 0 Å². The Bertz CT molecular complexity index is 347. The van der Waals surface area contributed by atoms with Gasteiger partial charge >= 0.3 is 6.18 Å². The first-order valence-corrected chi connectivity index (χ1v) is 4.26. The molecule has 0 aliphatic carbocycles. The van der Waals surface area contributed by atoms with E-state index in [1.807, 2.05) is 0 Å². The van der Waals surface area contributed by atoms with Crippen LogP contribution in [-0.2, 0) is 0 Å². The predicted octanol–water partition coefficient (Wildman–Crippen LogP) is 2.60. The van der Waals surface area contributed by atoms with Gasteiger partial charge in [0.2, 0.25) is 0 Å². The molecular weight excluding hydrogens is 209 g/mol. The minimum Gasteiger partial charge on any atom is -0.496 e. The van der Waals surface area contributed by atoms with Gasteiger partial charge in [0, 0.05) is 5.56 Å². The van der Waals surface area contributed by atoms with E-state index in [0.717, 1.165) is 0 Å². The van der Waals surface area contributed by atoms with Crippen molar-refractivity contribution in [2.75, 3.05) is 7.11 Å². The fraction of sp³-hybridized carbons (Fsp3) is 0.400. The summed E-state index contributed by atoms with van der Waals surface area (Å²) in [7, 11) is 1.27. The quantitative estimate of drug-likeness (QED) is 0.830. The smallest absolute Gasteiger partial charge is 0.418 e. The van der Waals surface area contributed by atoms with Gasteiger partial charge in [-0.1, -0.05) is 12.1 Å². The molecule has 15 heavy (non-hydrogen) atoms. The third kappa shape index (κ3) is 2.41. The summed E-state index contributed by atoms with van der Waals surface area (Å²) in [5.41, 5.74) is 0.117. The molecule has 1 aromatic carbocycles. The fourth-order valence-electron chi connectivity index (χ4n) is 1.35. The molecule has 2 nitrogen and oxygen atoms in total. The van der Waals surface area contributed by atoms with E-state index in [0.29, 0.717) is 5.56 Å². The molecule has 0 saturated carbocycles. The maximum Gasteiger partial charge on any atom is 0.418 e. The molecule has 0 aliphatic rings. The third-order valence-corrected chi connectivity index (χ3v) is 2.09. The molecule has 0 amide bonds. The van der Waals surface area contributed by atoms with Crippen molar-refractivity contribution >= 4 is 0 Å². The van der Waals surface area contributed by atoms with Crippen LogP contribution in [0, 0.1) is 6.92 Å². The van der Waals surface area contributed by atoms with Gasteiger partial charge in [0.1, 0.15) is 5.75 Å². The summed E-state index contributed by atoms with van der Waals surface area (Å²) in [6, 6.07) is 4.45. The molecule has 0 radical (unpaired) electrons. The number of aryl methyl sites for hydroxylation is 1. The lowest BCUT2D eigenvalue weighted by Crippen LogP contribution is -2.21. The Morgan fingerprint density at radius 3 is 2.40 bits per heavy atom. The highest BCUT2D eigenvalue weighted by Gasteiger charge is 2.41. The van der Waals surface area contributed by atoms with Gasteiger partial charge in [0.05, 0.1) is 7.11 Å². The van der Waals surface area contributed by atoms with Gasteiger partial charge in [-0.05, 0) is 18.6 Å². The van der Waals surface area contributed by atoms with E-state index in [2.05, 4.69) is 0 Å². The zero-order chi connectivity index (χ0) is 11.6. The highest BCUT2D eigenvalue weighted by atomic mass is 19.4. The highest BCUT2D eigenvalue weighted by Crippen LogP contribution is 2.38. The van der Waals surface area contributed by atoms with Gasteiger partial charge in [-0.15, -0.1) is 0 Å². The van der Waals surface area contributed by atoms with E-state index in [9.17, 15) is 13.2 Å². The molecule has 0 spiro atoms. The Morgan fingerprint density at radius 2 is 1.93 bits per heavy atom. The fourth-order valence-corrected chi connectivity index (χ4v) is 1.35. The van der Waals surface area contributed by atoms with E-state index in [-0.39, 0.29) is 11.3 Å². The van der Waals surface area contributed by atoms with Gasteiger partial charge in [0.25, 0.3) is 0 Å². The largest absolute Gasteiger partial charge is 0.496 e. The van der Waals surface area contributed by atoms with E-state index in [4.69, 9.17) is 9.84 Å². The van der Waals surface area contributed by atoms with Crippen molar-refractivity contribution in [3.63, 3.8) is 0 Å². The first kappa shape index (κ1) is 11.8. The number of aliphatic hydroxyl groups excluding tert-OH is 1. The SMILES string of the molecule is COc1cccc(C)c1C(O)C(F)(F)F. The zero-order valence-corrected chi connectivity index (χ0v) is 8.30. The van der Waals surface area contributed by atoms with Crippen LogP contribution in [0.25, 0.3) is 0 Å². The molecule has 1 unspecified atom stereocenters. The summed E-state index contributed by atoms with van der Waals surface area (Å²) in [6.07, 6.45) is -7.19. The van der Waals surface area contributed by atoms with Crippen LogP contribution in [0.4, 0.5) is 13.2 Å². The van der Waals surface area contributed by atoms with Crippen molar-refractivity contribution in [2.45, 2.75) is 19.2 Å².